The van der Waals surface area contributed by atoms with Crippen molar-refractivity contribution in [2.24, 2.45) is 11.3 Å². The highest BCUT2D eigenvalue weighted by Crippen LogP contribution is 2.55. The lowest BCUT2D eigenvalue weighted by atomic mass is 9.81. The van der Waals surface area contributed by atoms with Crippen LogP contribution in [-0.2, 0) is 0 Å². The molecule has 3 atom stereocenters. The van der Waals surface area contributed by atoms with E-state index < -0.39 is 0 Å². The fraction of sp³-hybridized carbons (Fsp3) is 0.647. The molecular formula is C17H24O2. The summed E-state index contributed by atoms with van der Waals surface area (Å²) in [6.45, 7) is 8.93. The molecule has 0 aromatic heterocycles. The van der Waals surface area contributed by atoms with Gasteiger partial charge < -0.3 is 9.84 Å². The molecule has 3 unspecified atom stereocenters. The molecule has 0 saturated heterocycles. The highest BCUT2D eigenvalue weighted by atomic mass is 16.5. The minimum absolute atomic E-state index is 0.175. The zero-order valence-electron chi connectivity index (χ0n) is 12.4. The molecule has 1 heterocycles. The van der Waals surface area contributed by atoms with Crippen LogP contribution in [0.2, 0.25) is 0 Å². The van der Waals surface area contributed by atoms with E-state index in [0.29, 0.717) is 11.3 Å². The van der Waals surface area contributed by atoms with Crippen LogP contribution < -0.4 is 4.74 Å². The zero-order valence-corrected chi connectivity index (χ0v) is 12.4. The van der Waals surface area contributed by atoms with E-state index in [9.17, 15) is 5.11 Å². The average Bonchev–Trinajstić information content (AvgIpc) is 2.49. The van der Waals surface area contributed by atoms with Crippen molar-refractivity contribution in [3.63, 3.8) is 0 Å². The first-order chi connectivity index (χ1) is 8.81. The van der Waals surface area contributed by atoms with Gasteiger partial charge in [-0.25, -0.2) is 0 Å². The predicted octanol–water partition coefficient (Wildman–Crippen LogP) is 4.01. The molecule has 3 rings (SSSR count). The number of benzene rings is 1. The van der Waals surface area contributed by atoms with Crippen LogP contribution in [-0.4, -0.2) is 10.7 Å². The van der Waals surface area contributed by atoms with Crippen LogP contribution in [0.4, 0.5) is 0 Å². The van der Waals surface area contributed by atoms with E-state index in [2.05, 4.69) is 39.8 Å². The van der Waals surface area contributed by atoms with Crippen LogP contribution in [0.1, 0.15) is 57.3 Å². The highest BCUT2D eigenvalue weighted by Gasteiger charge is 2.53. The highest BCUT2D eigenvalue weighted by molar-refractivity contribution is 5.41. The maximum absolute atomic E-state index is 10.5. The molecule has 0 amide bonds. The summed E-state index contributed by atoms with van der Waals surface area (Å²) in [7, 11) is 0. The Morgan fingerprint density at radius 2 is 2.00 bits per heavy atom. The van der Waals surface area contributed by atoms with Crippen molar-refractivity contribution in [2.75, 3.05) is 0 Å². The molecular weight excluding hydrogens is 236 g/mol. The van der Waals surface area contributed by atoms with Crippen molar-refractivity contribution < 1.29 is 9.84 Å². The topological polar surface area (TPSA) is 29.5 Å². The van der Waals surface area contributed by atoms with Crippen molar-refractivity contribution in [3.8, 4) is 5.75 Å². The Bertz CT molecular complexity index is 506. The lowest BCUT2D eigenvalue weighted by Gasteiger charge is -2.41. The quantitative estimate of drug-likeness (QED) is 0.764. The molecule has 1 saturated carbocycles. The van der Waals surface area contributed by atoms with Crippen molar-refractivity contribution in [3.05, 3.63) is 29.3 Å². The van der Waals surface area contributed by atoms with Crippen LogP contribution in [0, 0.1) is 18.3 Å². The van der Waals surface area contributed by atoms with Crippen LogP contribution in [0.3, 0.4) is 0 Å². The first-order valence-electron chi connectivity index (χ1n) is 7.29. The van der Waals surface area contributed by atoms with Crippen LogP contribution in [0.15, 0.2) is 18.2 Å². The van der Waals surface area contributed by atoms with Crippen molar-refractivity contribution in [1.29, 1.82) is 0 Å². The molecule has 2 aliphatic rings. The third kappa shape index (κ3) is 2.06. The molecule has 0 radical (unpaired) electrons. The van der Waals surface area contributed by atoms with Gasteiger partial charge in [0.05, 0.1) is 6.10 Å². The molecule has 2 heteroatoms. The van der Waals surface area contributed by atoms with Gasteiger partial charge in [-0.15, -0.1) is 0 Å². The van der Waals surface area contributed by atoms with Crippen LogP contribution >= 0.6 is 0 Å². The van der Waals surface area contributed by atoms with Crippen molar-refractivity contribution in [1.82, 2.24) is 0 Å². The maximum atomic E-state index is 10.5. The summed E-state index contributed by atoms with van der Waals surface area (Å²) in [5.41, 5.74) is 2.27. The van der Waals surface area contributed by atoms with E-state index in [1.807, 2.05) is 6.07 Å². The average molecular weight is 260 g/mol. The Labute approximate surface area is 115 Å². The summed E-state index contributed by atoms with van der Waals surface area (Å²) in [6, 6.07) is 6.14. The van der Waals surface area contributed by atoms with Gasteiger partial charge in [0.25, 0.3) is 0 Å². The van der Waals surface area contributed by atoms with Crippen LogP contribution in [0.25, 0.3) is 0 Å². The summed E-state index contributed by atoms with van der Waals surface area (Å²) in [6.07, 6.45) is 2.54. The van der Waals surface area contributed by atoms with Gasteiger partial charge >= 0.3 is 0 Å². The standard InChI is InChI=1S/C17H24O2/c1-11-5-6-15-13(7-11)14(18)9-17(19-15)10-16(3,4)8-12(17)2/h5-7,12,14,18H,8-10H2,1-4H3. The fourth-order valence-corrected chi connectivity index (χ4v) is 4.20. The fourth-order valence-electron chi connectivity index (χ4n) is 4.20. The van der Waals surface area contributed by atoms with Gasteiger partial charge in [0.1, 0.15) is 11.4 Å². The maximum Gasteiger partial charge on any atom is 0.125 e. The summed E-state index contributed by atoms with van der Waals surface area (Å²) in [5, 5.41) is 10.5. The molecule has 2 nitrogen and oxygen atoms in total. The molecule has 1 aromatic rings. The van der Waals surface area contributed by atoms with E-state index >= 15 is 0 Å². The van der Waals surface area contributed by atoms with Gasteiger partial charge in [0, 0.05) is 12.0 Å². The number of hydrogen-bond acceptors (Lipinski definition) is 2. The second kappa shape index (κ2) is 3.99. The lowest BCUT2D eigenvalue weighted by Crippen LogP contribution is -2.43. The van der Waals surface area contributed by atoms with Gasteiger partial charge in [0.2, 0.25) is 0 Å². The van der Waals surface area contributed by atoms with E-state index in [4.69, 9.17) is 4.74 Å². The molecule has 1 spiro atoms. The monoisotopic (exact) mass is 260 g/mol. The number of hydrogen-bond donors (Lipinski definition) is 1. The first kappa shape index (κ1) is 13.0. The number of aryl methyl sites for hydroxylation is 1. The predicted molar refractivity (Wildman–Crippen MR) is 76.3 cm³/mol. The summed E-state index contributed by atoms with van der Waals surface area (Å²) in [4.78, 5) is 0. The van der Waals surface area contributed by atoms with Gasteiger partial charge in [-0.05, 0) is 43.2 Å². The Morgan fingerprint density at radius 1 is 1.26 bits per heavy atom. The van der Waals surface area contributed by atoms with E-state index in [0.717, 1.165) is 24.2 Å². The van der Waals surface area contributed by atoms with Gasteiger partial charge in [-0.3, -0.25) is 0 Å². The Hall–Kier alpha value is -1.02. The molecule has 1 aliphatic heterocycles. The van der Waals surface area contributed by atoms with Crippen molar-refractivity contribution >= 4 is 0 Å². The summed E-state index contributed by atoms with van der Waals surface area (Å²) >= 11 is 0. The number of fused-ring (bicyclic) bond motifs is 1. The van der Waals surface area contributed by atoms with E-state index in [1.165, 1.54) is 12.0 Å². The number of ether oxygens (including phenoxy) is 1. The Kier molecular flexibility index (Phi) is 2.72. The normalized spacial score (nSPS) is 36.1. The molecule has 0 bridgehead atoms. The minimum atomic E-state index is -0.389. The SMILES string of the molecule is Cc1ccc2c(c1)C(O)CC1(CC(C)(C)CC1C)O2. The third-order valence-corrected chi connectivity index (χ3v) is 4.91. The second-order valence-electron chi connectivity index (χ2n) is 7.37. The van der Waals surface area contributed by atoms with E-state index in [-0.39, 0.29) is 11.7 Å². The Morgan fingerprint density at radius 3 is 2.63 bits per heavy atom. The first-order valence-corrected chi connectivity index (χ1v) is 7.29. The van der Waals surface area contributed by atoms with Crippen LogP contribution in [0.5, 0.6) is 5.75 Å². The van der Waals surface area contributed by atoms with Gasteiger partial charge in [-0.1, -0.05) is 32.4 Å². The number of rotatable bonds is 0. The third-order valence-electron chi connectivity index (χ3n) is 4.91. The smallest absolute Gasteiger partial charge is 0.125 e. The number of aliphatic hydroxyl groups is 1. The molecule has 104 valence electrons. The summed E-state index contributed by atoms with van der Waals surface area (Å²) in [5.74, 6) is 1.38. The van der Waals surface area contributed by atoms with E-state index in [1.54, 1.807) is 0 Å². The lowest BCUT2D eigenvalue weighted by molar-refractivity contribution is -0.0392. The summed E-state index contributed by atoms with van der Waals surface area (Å²) < 4.78 is 6.39. The Balaban J connectivity index is 1.99. The second-order valence-corrected chi connectivity index (χ2v) is 7.37. The molecule has 1 aliphatic carbocycles. The largest absolute Gasteiger partial charge is 0.486 e. The number of aliphatic hydroxyl groups excluding tert-OH is 1. The van der Waals surface area contributed by atoms with Gasteiger partial charge in [-0.2, -0.15) is 0 Å². The zero-order chi connectivity index (χ0) is 13.8. The molecule has 1 N–H and O–H groups in total. The molecule has 1 aromatic carbocycles. The van der Waals surface area contributed by atoms with Gasteiger partial charge in [0.15, 0.2) is 0 Å². The molecule has 19 heavy (non-hydrogen) atoms. The van der Waals surface area contributed by atoms with Crippen molar-refractivity contribution in [2.45, 2.75) is 58.7 Å². The molecule has 1 fully saturated rings. The minimum Gasteiger partial charge on any atom is -0.486 e.